The molecule has 0 saturated heterocycles. The van der Waals surface area contributed by atoms with Crippen LogP contribution in [0.15, 0.2) is 12.3 Å². The Morgan fingerprint density at radius 3 is 2.79 bits per heavy atom. The van der Waals surface area contributed by atoms with E-state index in [1.54, 1.807) is 19.2 Å². The van der Waals surface area contributed by atoms with Crippen molar-refractivity contribution in [1.29, 1.82) is 0 Å². The van der Waals surface area contributed by atoms with Gasteiger partial charge in [0.15, 0.2) is 6.29 Å². The van der Waals surface area contributed by atoms with Crippen LogP contribution in [0.1, 0.15) is 38.9 Å². The summed E-state index contributed by atoms with van der Waals surface area (Å²) in [4.78, 5) is 22.9. The number of rotatable bonds is 3. The van der Waals surface area contributed by atoms with Crippen LogP contribution >= 0.6 is 0 Å². The van der Waals surface area contributed by atoms with Crippen molar-refractivity contribution in [2.45, 2.75) is 20.8 Å². The van der Waals surface area contributed by atoms with Crippen LogP contribution in [0.5, 0.6) is 0 Å². The molecule has 0 aliphatic heterocycles. The maximum Gasteiger partial charge on any atom is 0.338 e. The first-order chi connectivity index (χ1) is 9.10. The largest absolute Gasteiger partial charge is 0.462 e. The van der Waals surface area contributed by atoms with E-state index >= 15 is 0 Å². The standard InChI is InChI=1S/C14H14N2O3/c1-4-19-14(18)10-5-8(2)13-11(9(10)3)6-15-16-12(13)7-17/h5-7H,4H2,1-3H3. The van der Waals surface area contributed by atoms with Crippen molar-refractivity contribution < 1.29 is 14.3 Å². The molecule has 5 nitrogen and oxygen atoms in total. The SMILES string of the molecule is CCOC(=O)c1cc(C)c2c(C=O)nncc2c1C. The van der Waals surface area contributed by atoms with Crippen LogP contribution in [0.4, 0.5) is 0 Å². The molecule has 1 aromatic carbocycles. The molecular formula is C14H14N2O3. The second kappa shape index (κ2) is 5.14. The van der Waals surface area contributed by atoms with Crippen molar-refractivity contribution in [3.05, 3.63) is 34.6 Å². The molecule has 98 valence electrons. The highest BCUT2D eigenvalue weighted by Crippen LogP contribution is 2.26. The highest BCUT2D eigenvalue weighted by atomic mass is 16.5. The molecule has 0 radical (unpaired) electrons. The summed E-state index contributed by atoms with van der Waals surface area (Å²) >= 11 is 0. The van der Waals surface area contributed by atoms with Crippen LogP contribution in [0.3, 0.4) is 0 Å². The number of fused-ring (bicyclic) bond motifs is 1. The first-order valence-corrected chi connectivity index (χ1v) is 5.98. The van der Waals surface area contributed by atoms with E-state index in [0.29, 0.717) is 18.5 Å². The van der Waals surface area contributed by atoms with Crippen molar-refractivity contribution in [2.24, 2.45) is 0 Å². The molecule has 0 aliphatic carbocycles. The third kappa shape index (κ3) is 2.19. The van der Waals surface area contributed by atoms with Gasteiger partial charge in [-0.2, -0.15) is 5.10 Å². The van der Waals surface area contributed by atoms with Gasteiger partial charge < -0.3 is 4.74 Å². The van der Waals surface area contributed by atoms with E-state index in [-0.39, 0.29) is 11.7 Å². The lowest BCUT2D eigenvalue weighted by molar-refractivity contribution is 0.0525. The molecule has 0 amide bonds. The third-order valence-electron chi connectivity index (χ3n) is 3.05. The Balaban J connectivity index is 2.76. The number of carbonyl (C=O) groups excluding carboxylic acids is 2. The fourth-order valence-electron chi connectivity index (χ4n) is 2.15. The molecule has 0 spiro atoms. The summed E-state index contributed by atoms with van der Waals surface area (Å²) in [5.41, 5.74) is 2.34. The second-order valence-corrected chi connectivity index (χ2v) is 4.22. The minimum atomic E-state index is -0.366. The Bertz CT molecular complexity index is 665. The molecule has 1 aromatic heterocycles. The van der Waals surface area contributed by atoms with Gasteiger partial charge in [-0.1, -0.05) is 0 Å². The summed E-state index contributed by atoms with van der Waals surface area (Å²) in [5, 5.41) is 9.08. The van der Waals surface area contributed by atoms with E-state index in [1.165, 1.54) is 0 Å². The Morgan fingerprint density at radius 2 is 2.16 bits per heavy atom. The van der Waals surface area contributed by atoms with Crippen LogP contribution in [0.2, 0.25) is 0 Å². The molecule has 0 saturated carbocycles. The number of aryl methyl sites for hydroxylation is 2. The van der Waals surface area contributed by atoms with Crippen molar-refractivity contribution in [3.63, 3.8) is 0 Å². The van der Waals surface area contributed by atoms with Gasteiger partial charge in [-0.25, -0.2) is 4.79 Å². The maximum absolute atomic E-state index is 11.9. The van der Waals surface area contributed by atoms with E-state index in [9.17, 15) is 9.59 Å². The van der Waals surface area contributed by atoms with E-state index in [4.69, 9.17) is 4.74 Å². The molecule has 19 heavy (non-hydrogen) atoms. The second-order valence-electron chi connectivity index (χ2n) is 4.22. The minimum Gasteiger partial charge on any atom is -0.462 e. The van der Waals surface area contributed by atoms with Gasteiger partial charge in [-0.3, -0.25) is 4.79 Å². The number of carbonyl (C=O) groups is 2. The zero-order valence-corrected chi connectivity index (χ0v) is 11.1. The Kier molecular flexibility index (Phi) is 3.55. The molecule has 0 bridgehead atoms. The van der Waals surface area contributed by atoms with Gasteiger partial charge in [0, 0.05) is 10.8 Å². The number of hydrogen-bond donors (Lipinski definition) is 0. The van der Waals surface area contributed by atoms with Crippen LogP contribution in [-0.4, -0.2) is 29.1 Å². The van der Waals surface area contributed by atoms with Crippen molar-refractivity contribution in [3.8, 4) is 0 Å². The van der Waals surface area contributed by atoms with E-state index in [2.05, 4.69) is 10.2 Å². The van der Waals surface area contributed by atoms with Gasteiger partial charge in [-0.05, 0) is 38.0 Å². The lowest BCUT2D eigenvalue weighted by atomic mass is 9.96. The molecule has 0 aliphatic rings. The number of esters is 1. The predicted octanol–water partition coefficient (Wildman–Crippen LogP) is 2.24. The van der Waals surface area contributed by atoms with E-state index in [1.807, 2.05) is 13.8 Å². The van der Waals surface area contributed by atoms with Gasteiger partial charge in [0.25, 0.3) is 0 Å². The van der Waals surface area contributed by atoms with Gasteiger partial charge in [-0.15, -0.1) is 5.10 Å². The van der Waals surface area contributed by atoms with Gasteiger partial charge in [0.1, 0.15) is 5.69 Å². The van der Waals surface area contributed by atoms with Crippen LogP contribution < -0.4 is 0 Å². The first kappa shape index (κ1) is 13.1. The van der Waals surface area contributed by atoms with Crippen molar-refractivity contribution in [1.82, 2.24) is 10.2 Å². The number of hydrogen-bond acceptors (Lipinski definition) is 5. The summed E-state index contributed by atoms with van der Waals surface area (Å²) in [7, 11) is 0. The average Bonchev–Trinajstić information content (AvgIpc) is 2.42. The number of benzene rings is 1. The van der Waals surface area contributed by atoms with E-state index < -0.39 is 0 Å². The highest BCUT2D eigenvalue weighted by Gasteiger charge is 2.16. The molecule has 0 fully saturated rings. The van der Waals surface area contributed by atoms with E-state index in [0.717, 1.165) is 21.9 Å². The Hall–Kier alpha value is -2.30. The summed E-state index contributed by atoms with van der Waals surface area (Å²) in [5.74, 6) is -0.366. The molecule has 0 atom stereocenters. The quantitative estimate of drug-likeness (QED) is 0.623. The Morgan fingerprint density at radius 1 is 1.42 bits per heavy atom. The molecule has 2 aromatic rings. The van der Waals surface area contributed by atoms with Gasteiger partial charge in [0.2, 0.25) is 0 Å². The summed E-state index contributed by atoms with van der Waals surface area (Å²) < 4.78 is 5.02. The normalized spacial score (nSPS) is 10.5. The van der Waals surface area contributed by atoms with Crippen LogP contribution in [0.25, 0.3) is 10.8 Å². The number of aromatic nitrogens is 2. The summed E-state index contributed by atoms with van der Waals surface area (Å²) in [6.45, 7) is 5.73. The topological polar surface area (TPSA) is 69.2 Å². The molecule has 1 heterocycles. The average molecular weight is 258 g/mol. The molecule has 0 unspecified atom stereocenters. The van der Waals surface area contributed by atoms with Crippen molar-refractivity contribution in [2.75, 3.05) is 6.61 Å². The highest BCUT2D eigenvalue weighted by molar-refractivity contribution is 6.04. The minimum absolute atomic E-state index is 0.286. The van der Waals surface area contributed by atoms with Gasteiger partial charge >= 0.3 is 5.97 Å². The third-order valence-corrected chi connectivity index (χ3v) is 3.05. The van der Waals surface area contributed by atoms with Crippen LogP contribution in [0, 0.1) is 13.8 Å². The molecular weight excluding hydrogens is 244 g/mol. The van der Waals surface area contributed by atoms with Crippen LogP contribution in [-0.2, 0) is 4.74 Å². The lowest BCUT2D eigenvalue weighted by Crippen LogP contribution is -2.08. The zero-order valence-electron chi connectivity index (χ0n) is 11.1. The predicted molar refractivity (Wildman–Crippen MR) is 70.4 cm³/mol. The summed E-state index contributed by atoms with van der Waals surface area (Å²) in [6.07, 6.45) is 2.24. The number of nitrogens with zero attached hydrogens (tertiary/aromatic N) is 2. The monoisotopic (exact) mass is 258 g/mol. The fourth-order valence-corrected chi connectivity index (χ4v) is 2.15. The first-order valence-electron chi connectivity index (χ1n) is 5.98. The molecule has 0 N–H and O–H groups in total. The summed E-state index contributed by atoms with van der Waals surface area (Å²) in [6, 6.07) is 1.73. The fraction of sp³-hybridized carbons (Fsp3) is 0.286. The zero-order chi connectivity index (χ0) is 14.0. The van der Waals surface area contributed by atoms with Gasteiger partial charge in [0.05, 0.1) is 18.4 Å². The number of ether oxygens (including phenoxy) is 1. The number of aldehydes is 1. The molecule has 5 heteroatoms. The van der Waals surface area contributed by atoms with Crippen molar-refractivity contribution >= 4 is 23.0 Å². The Labute approximate surface area is 110 Å². The lowest BCUT2D eigenvalue weighted by Gasteiger charge is -2.11. The molecule has 2 rings (SSSR count). The smallest absolute Gasteiger partial charge is 0.338 e. The maximum atomic E-state index is 11.9.